The van der Waals surface area contributed by atoms with Crippen LogP contribution < -0.4 is 5.32 Å². The van der Waals surface area contributed by atoms with Crippen LogP contribution >= 0.6 is 27.5 Å². The summed E-state index contributed by atoms with van der Waals surface area (Å²) in [7, 11) is 0. The summed E-state index contributed by atoms with van der Waals surface area (Å²) in [6, 6.07) is 9.08. The Morgan fingerprint density at radius 2 is 2.09 bits per heavy atom. The molecule has 1 saturated heterocycles. The lowest BCUT2D eigenvalue weighted by Gasteiger charge is -2.31. The topological polar surface area (TPSA) is 59.1 Å². The molecule has 2 atom stereocenters. The summed E-state index contributed by atoms with van der Waals surface area (Å²) in [4.78, 5) is 28.3. The summed E-state index contributed by atoms with van der Waals surface area (Å²) in [6.07, 6.45) is 3.58. The third kappa shape index (κ3) is 2.91. The van der Waals surface area contributed by atoms with E-state index < -0.39 is 5.92 Å². The van der Waals surface area contributed by atoms with Crippen LogP contribution in [0.1, 0.15) is 29.4 Å². The fraction of sp³-hybridized carbons (Fsp3) is 0.188. The zero-order valence-corrected chi connectivity index (χ0v) is 13.8. The van der Waals surface area contributed by atoms with E-state index in [-0.39, 0.29) is 24.2 Å². The standard InChI is InChI=1S/C16H12BrClN2O2/c17-10-3-4-11(13(18)6-10)15-12(7-14(21)20-16(15)22)9-2-1-5-19-8-9/h1-6,8,12,15H,7H2,(H,20,21,22)/t12-,15-/m1/s1. The van der Waals surface area contributed by atoms with Gasteiger partial charge in [0.1, 0.15) is 0 Å². The zero-order valence-electron chi connectivity index (χ0n) is 11.4. The number of halogens is 2. The number of hydrogen-bond donors (Lipinski definition) is 1. The van der Waals surface area contributed by atoms with Crippen molar-refractivity contribution in [3.8, 4) is 0 Å². The van der Waals surface area contributed by atoms with Gasteiger partial charge in [-0.25, -0.2) is 0 Å². The van der Waals surface area contributed by atoms with Gasteiger partial charge in [0.25, 0.3) is 0 Å². The highest BCUT2D eigenvalue weighted by molar-refractivity contribution is 9.10. The highest BCUT2D eigenvalue weighted by Gasteiger charge is 2.38. The largest absolute Gasteiger partial charge is 0.296 e. The molecule has 0 saturated carbocycles. The van der Waals surface area contributed by atoms with Gasteiger partial charge in [-0.1, -0.05) is 39.7 Å². The summed E-state index contributed by atoms with van der Waals surface area (Å²) in [5.74, 6) is -1.38. The van der Waals surface area contributed by atoms with Gasteiger partial charge in [0, 0.05) is 34.2 Å². The number of nitrogens with one attached hydrogen (secondary N) is 1. The summed E-state index contributed by atoms with van der Waals surface area (Å²) in [5, 5.41) is 2.90. The second-order valence-corrected chi connectivity index (χ2v) is 6.48. The lowest BCUT2D eigenvalue weighted by atomic mass is 9.77. The smallest absolute Gasteiger partial charge is 0.234 e. The predicted octanol–water partition coefficient (Wildman–Crippen LogP) is 3.41. The van der Waals surface area contributed by atoms with Crippen molar-refractivity contribution in [3.05, 3.63) is 63.3 Å². The van der Waals surface area contributed by atoms with Crippen molar-refractivity contribution < 1.29 is 9.59 Å². The van der Waals surface area contributed by atoms with Gasteiger partial charge in [-0.2, -0.15) is 0 Å². The second-order valence-electron chi connectivity index (χ2n) is 5.15. The number of rotatable bonds is 2. The van der Waals surface area contributed by atoms with Crippen molar-refractivity contribution in [2.45, 2.75) is 18.3 Å². The quantitative estimate of drug-likeness (QED) is 0.814. The normalized spacial score (nSPS) is 21.5. The highest BCUT2D eigenvalue weighted by atomic mass is 79.9. The molecule has 3 rings (SSSR count). The van der Waals surface area contributed by atoms with Crippen molar-refractivity contribution >= 4 is 39.3 Å². The number of pyridine rings is 1. The molecule has 22 heavy (non-hydrogen) atoms. The van der Waals surface area contributed by atoms with Crippen LogP contribution in [0.25, 0.3) is 0 Å². The Morgan fingerprint density at radius 1 is 1.27 bits per heavy atom. The Balaban J connectivity index is 2.08. The van der Waals surface area contributed by atoms with Crippen molar-refractivity contribution in [2.24, 2.45) is 0 Å². The third-order valence-corrected chi connectivity index (χ3v) is 4.58. The number of carbonyl (C=O) groups is 2. The van der Waals surface area contributed by atoms with E-state index in [0.29, 0.717) is 10.6 Å². The highest BCUT2D eigenvalue weighted by Crippen LogP contribution is 2.41. The molecular weight excluding hydrogens is 368 g/mol. The SMILES string of the molecule is O=C1C[C@H](c2cccnc2)[C@@H](c2ccc(Br)cc2Cl)C(=O)N1. The number of imide groups is 1. The number of piperidine rings is 1. The average molecular weight is 380 g/mol. The molecule has 6 heteroatoms. The zero-order chi connectivity index (χ0) is 15.7. The van der Waals surface area contributed by atoms with Gasteiger partial charge in [0.05, 0.1) is 5.92 Å². The molecule has 1 N–H and O–H groups in total. The summed E-state index contributed by atoms with van der Waals surface area (Å²) in [5.41, 5.74) is 1.57. The molecular formula is C16H12BrClN2O2. The van der Waals surface area contributed by atoms with Crippen LogP contribution in [0.3, 0.4) is 0 Å². The maximum Gasteiger partial charge on any atom is 0.234 e. The van der Waals surface area contributed by atoms with Gasteiger partial charge in [-0.15, -0.1) is 0 Å². The van der Waals surface area contributed by atoms with E-state index in [1.54, 1.807) is 24.5 Å². The van der Waals surface area contributed by atoms with Crippen LogP contribution in [-0.2, 0) is 9.59 Å². The number of benzene rings is 1. The minimum absolute atomic E-state index is 0.231. The Hall–Kier alpha value is -1.72. The van der Waals surface area contributed by atoms with Crippen molar-refractivity contribution in [1.82, 2.24) is 10.3 Å². The number of carbonyl (C=O) groups excluding carboxylic acids is 2. The van der Waals surface area contributed by atoms with E-state index in [9.17, 15) is 9.59 Å². The maximum absolute atomic E-state index is 12.4. The number of aromatic nitrogens is 1. The molecule has 0 bridgehead atoms. The molecule has 0 unspecified atom stereocenters. The molecule has 1 aliphatic rings. The van der Waals surface area contributed by atoms with E-state index in [0.717, 1.165) is 10.0 Å². The molecule has 112 valence electrons. The Kier molecular flexibility index (Phi) is 4.27. The first-order chi connectivity index (χ1) is 10.6. The predicted molar refractivity (Wildman–Crippen MR) is 86.6 cm³/mol. The molecule has 2 aromatic rings. The average Bonchev–Trinajstić information content (AvgIpc) is 2.49. The van der Waals surface area contributed by atoms with Crippen LogP contribution in [0.2, 0.25) is 5.02 Å². The molecule has 2 amide bonds. The van der Waals surface area contributed by atoms with E-state index >= 15 is 0 Å². The first kappa shape index (κ1) is 15.2. The molecule has 4 nitrogen and oxygen atoms in total. The van der Waals surface area contributed by atoms with E-state index in [1.807, 2.05) is 18.2 Å². The third-order valence-electron chi connectivity index (χ3n) is 3.76. The lowest BCUT2D eigenvalue weighted by molar-refractivity contribution is -0.135. The van der Waals surface area contributed by atoms with Gasteiger partial charge < -0.3 is 0 Å². The maximum atomic E-state index is 12.4. The van der Waals surface area contributed by atoms with Crippen molar-refractivity contribution in [2.75, 3.05) is 0 Å². The van der Waals surface area contributed by atoms with Gasteiger partial charge in [-0.05, 0) is 29.3 Å². The van der Waals surface area contributed by atoms with Gasteiger partial charge in [0.2, 0.25) is 11.8 Å². The Labute approximate surface area is 141 Å². The van der Waals surface area contributed by atoms with Gasteiger partial charge in [-0.3, -0.25) is 19.9 Å². The van der Waals surface area contributed by atoms with E-state index in [1.165, 1.54) is 0 Å². The van der Waals surface area contributed by atoms with Crippen molar-refractivity contribution in [1.29, 1.82) is 0 Å². The number of nitrogens with zero attached hydrogens (tertiary/aromatic N) is 1. The lowest BCUT2D eigenvalue weighted by Crippen LogP contribution is -2.43. The molecule has 2 heterocycles. The molecule has 1 fully saturated rings. The first-order valence-corrected chi connectivity index (χ1v) is 7.92. The Bertz CT molecular complexity index is 736. The van der Waals surface area contributed by atoms with E-state index in [2.05, 4.69) is 26.2 Å². The Morgan fingerprint density at radius 3 is 2.77 bits per heavy atom. The monoisotopic (exact) mass is 378 g/mol. The summed E-state index contributed by atoms with van der Waals surface area (Å²) < 4.78 is 0.839. The molecule has 0 spiro atoms. The van der Waals surface area contributed by atoms with Crippen LogP contribution in [0.4, 0.5) is 0 Å². The van der Waals surface area contributed by atoms with Crippen LogP contribution in [-0.4, -0.2) is 16.8 Å². The van der Waals surface area contributed by atoms with E-state index in [4.69, 9.17) is 11.6 Å². The fourth-order valence-corrected chi connectivity index (χ4v) is 3.57. The minimum Gasteiger partial charge on any atom is -0.296 e. The summed E-state index contributed by atoms with van der Waals surface area (Å²) in [6.45, 7) is 0. The minimum atomic E-state index is -0.512. The van der Waals surface area contributed by atoms with Gasteiger partial charge in [0.15, 0.2) is 0 Å². The molecule has 1 aliphatic heterocycles. The second kappa shape index (κ2) is 6.18. The van der Waals surface area contributed by atoms with Crippen molar-refractivity contribution in [3.63, 3.8) is 0 Å². The fourth-order valence-electron chi connectivity index (χ4n) is 2.78. The molecule has 0 aliphatic carbocycles. The van der Waals surface area contributed by atoms with Gasteiger partial charge >= 0.3 is 0 Å². The van der Waals surface area contributed by atoms with Crippen LogP contribution in [0, 0.1) is 0 Å². The molecule has 1 aromatic heterocycles. The first-order valence-electron chi connectivity index (χ1n) is 6.75. The van der Waals surface area contributed by atoms with Crippen LogP contribution in [0.5, 0.6) is 0 Å². The summed E-state index contributed by atoms with van der Waals surface area (Å²) >= 11 is 9.66. The molecule has 1 aromatic carbocycles. The number of hydrogen-bond acceptors (Lipinski definition) is 3. The molecule has 0 radical (unpaired) electrons. The van der Waals surface area contributed by atoms with Crippen LogP contribution in [0.15, 0.2) is 47.2 Å². The number of amides is 2.